The molecule has 0 saturated carbocycles. The number of carboxylic acid groups (broad SMARTS) is 1. The molecule has 0 bridgehead atoms. The number of carbonyl (C=O) groups is 15. The summed E-state index contributed by atoms with van der Waals surface area (Å²) < 4.78 is 0. The van der Waals surface area contributed by atoms with E-state index in [1.165, 1.54) is 13.8 Å². The van der Waals surface area contributed by atoms with Gasteiger partial charge in [-0.05, 0) is 145 Å². The number of amides is 14. The van der Waals surface area contributed by atoms with Gasteiger partial charge in [-0.15, -0.1) is 0 Å². The van der Waals surface area contributed by atoms with E-state index in [0.717, 1.165) is 0 Å². The number of guanidine groups is 1. The van der Waals surface area contributed by atoms with E-state index >= 15 is 0 Å². The number of aliphatic imine (C=N–C) groups is 1. The summed E-state index contributed by atoms with van der Waals surface area (Å²) in [5, 5.41) is 44.7. The molecule has 0 rings (SSSR count). The number of hydrogen-bond donors (Lipinski definition) is 20. The topological polar surface area (TPSA) is 601 Å². The molecule has 0 aliphatic heterocycles. The first-order chi connectivity index (χ1) is 52.4. The second-order valence-electron chi connectivity index (χ2n) is 31.2. The van der Waals surface area contributed by atoms with Gasteiger partial charge in [0.05, 0.1) is 12.5 Å². The highest BCUT2D eigenvalue weighted by molar-refractivity contribution is 6.00. The normalized spacial score (nSPS) is 16.5. The van der Waals surface area contributed by atoms with Crippen molar-refractivity contribution >= 4 is 94.6 Å². The van der Waals surface area contributed by atoms with Crippen molar-refractivity contribution in [2.45, 2.75) is 318 Å². The van der Waals surface area contributed by atoms with Crippen LogP contribution in [0.15, 0.2) is 4.99 Å². The molecule has 0 aromatic carbocycles. The summed E-state index contributed by atoms with van der Waals surface area (Å²) >= 11 is 0. The number of nitrogens with zero attached hydrogens (tertiary/aromatic N) is 1. The van der Waals surface area contributed by atoms with E-state index in [4.69, 9.17) is 34.4 Å². The van der Waals surface area contributed by atoms with Crippen LogP contribution in [-0.2, 0) is 71.9 Å². The highest BCUT2D eigenvalue weighted by Crippen LogP contribution is 2.19. The molecule has 26 N–H and O–H groups in total. The number of carboxylic acids is 1. The zero-order valence-corrected chi connectivity index (χ0v) is 69.8. The van der Waals surface area contributed by atoms with Crippen LogP contribution in [0.4, 0.5) is 0 Å². The van der Waals surface area contributed by atoms with Crippen LogP contribution in [0.5, 0.6) is 0 Å². The van der Waals surface area contributed by atoms with Crippen molar-refractivity contribution < 1.29 is 77.0 Å². The number of primary amides is 1. The minimum absolute atomic E-state index is 0.00995. The van der Waals surface area contributed by atoms with E-state index < -0.39 is 203 Å². The largest absolute Gasteiger partial charge is 0.480 e. The standard InChI is InChI=1S/C76H142N20O16/c1-19-42(12)57(80)70(106)90-54(38-56(79)97)69(105)87-50(30-25-27-33-78)65(101)93-58(43(13)20-2)71(107)85-48(18)63(99)89-53(36-40(8)9)68(104)88-51(31-28-34-83-76(81)82)66(102)94-59(44(14)21-3)72(108)91-52(35-39(6)7)67(103)84-47(17)62(98)86-49(29-24-26-32-77)64(100)95-61(46(16)23-5)74(110)96-60(45(15)22-4)73(109)92-55(75(111)112)37-41(10)11/h39-55,57-61H,19-38,77-78,80H2,1-18H3,(H2,79,97)(H,84,103)(H,85,107)(H,86,98)(H,87,105)(H,88,104)(H,89,99)(H,90,106)(H,91,108)(H,92,109)(H,93,101)(H,94,102)(H,95,100)(H,96,110)(H,111,112)(H4,81,82,83)/t42-,43-,44-,45-,46-,47-,48-,49-,50-,51-,52-,53-,54-,55-,57-,58-,59-,60-,61-/m0/s1. The molecule has 0 fully saturated rings. The average Bonchev–Trinajstić information content (AvgIpc) is 0.854. The number of carbonyl (C=O) groups excluding carboxylic acids is 14. The highest BCUT2D eigenvalue weighted by atomic mass is 16.4. The van der Waals surface area contributed by atoms with Crippen LogP contribution >= 0.6 is 0 Å². The Morgan fingerprint density at radius 1 is 0.312 bits per heavy atom. The third kappa shape index (κ3) is 38.6. The predicted molar refractivity (Wildman–Crippen MR) is 427 cm³/mol. The Balaban J connectivity index is 7.04. The van der Waals surface area contributed by atoms with Gasteiger partial charge in [0, 0.05) is 6.54 Å². The molecule has 14 amide bonds. The summed E-state index contributed by atoms with van der Waals surface area (Å²) in [7, 11) is 0. The zero-order chi connectivity index (χ0) is 86.0. The maximum atomic E-state index is 14.7. The summed E-state index contributed by atoms with van der Waals surface area (Å²) in [5.41, 5.74) is 34.4. The van der Waals surface area contributed by atoms with E-state index in [1.54, 1.807) is 90.0 Å². The van der Waals surface area contributed by atoms with Crippen molar-refractivity contribution in [3.63, 3.8) is 0 Å². The number of nitrogens with two attached hydrogens (primary N) is 6. The Morgan fingerprint density at radius 2 is 0.580 bits per heavy atom. The van der Waals surface area contributed by atoms with Gasteiger partial charge in [-0.25, -0.2) is 4.79 Å². The van der Waals surface area contributed by atoms with Crippen LogP contribution in [0.25, 0.3) is 0 Å². The van der Waals surface area contributed by atoms with Gasteiger partial charge in [0.2, 0.25) is 82.7 Å². The molecule has 0 spiro atoms. The third-order valence-corrected chi connectivity index (χ3v) is 20.0. The smallest absolute Gasteiger partial charge is 0.326 e. The monoisotopic (exact) mass is 1590 g/mol. The Hall–Kier alpha value is -8.80. The lowest BCUT2D eigenvalue weighted by Crippen LogP contribution is -2.62. The number of nitrogens with one attached hydrogen (secondary N) is 13. The molecular weight excluding hydrogens is 1450 g/mol. The summed E-state index contributed by atoms with van der Waals surface area (Å²) in [5.74, 6) is -15.7. The molecule has 36 nitrogen and oxygen atoms in total. The fourth-order valence-corrected chi connectivity index (χ4v) is 11.8. The molecule has 36 heteroatoms. The van der Waals surface area contributed by atoms with Gasteiger partial charge in [0.15, 0.2) is 5.96 Å². The van der Waals surface area contributed by atoms with Gasteiger partial charge >= 0.3 is 5.97 Å². The molecule has 112 heavy (non-hydrogen) atoms. The molecule has 0 heterocycles. The van der Waals surface area contributed by atoms with Crippen molar-refractivity contribution in [3.05, 3.63) is 0 Å². The van der Waals surface area contributed by atoms with Gasteiger partial charge in [-0.3, -0.25) is 72.1 Å². The van der Waals surface area contributed by atoms with E-state index in [1.807, 2.05) is 20.8 Å². The van der Waals surface area contributed by atoms with E-state index in [-0.39, 0.29) is 94.2 Å². The molecule has 19 atom stereocenters. The van der Waals surface area contributed by atoms with Crippen LogP contribution < -0.4 is 104 Å². The van der Waals surface area contributed by atoms with Crippen LogP contribution in [0, 0.1) is 47.3 Å². The van der Waals surface area contributed by atoms with Gasteiger partial charge in [0.25, 0.3) is 0 Å². The fraction of sp³-hybridized carbons (Fsp3) is 0.789. The molecule has 0 aliphatic carbocycles. The van der Waals surface area contributed by atoms with Crippen LogP contribution in [0.3, 0.4) is 0 Å². The average molecular weight is 1590 g/mol. The SMILES string of the molecule is CC[C@H](C)[C@H](N)C(=O)N[C@@H](CC(N)=O)C(=O)N[C@@H](CCCCN)C(=O)N[C@H](C(=O)N[C@@H](C)C(=O)N[C@@H](CC(C)C)C(=O)N[C@@H](CCCN=C(N)N)C(=O)N[C@H](C(=O)N[C@@H](CC(C)C)C(=O)N[C@@H](C)C(=O)N[C@@H](CCCCN)C(=O)N[C@H](C(=O)N[C@H](C(=O)N[C@@H](CC(C)C)C(=O)O)[C@@H](C)CC)[C@@H](C)CC)[C@@H](C)CC)[C@@H](C)CC. The van der Waals surface area contributed by atoms with Gasteiger partial charge in [0.1, 0.15) is 78.5 Å². The Morgan fingerprint density at radius 3 is 0.920 bits per heavy atom. The summed E-state index contributed by atoms with van der Waals surface area (Å²) in [6.07, 6.45) is 3.27. The summed E-state index contributed by atoms with van der Waals surface area (Å²) in [6, 6.07) is -18.1. The van der Waals surface area contributed by atoms with Crippen molar-refractivity contribution in [1.29, 1.82) is 0 Å². The molecular formula is C76H142N20O16. The van der Waals surface area contributed by atoms with Crippen molar-refractivity contribution in [2.75, 3.05) is 19.6 Å². The lowest BCUT2D eigenvalue weighted by Gasteiger charge is -2.31. The zero-order valence-electron chi connectivity index (χ0n) is 69.8. The third-order valence-electron chi connectivity index (χ3n) is 20.0. The molecule has 0 saturated heterocycles. The molecule has 0 unspecified atom stereocenters. The number of rotatable bonds is 57. The lowest BCUT2D eigenvalue weighted by atomic mass is 9.94. The maximum Gasteiger partial charge on any atom is 0.326 e. The summed E-state index contributed by atoms with van der Waals surface area (Å²) in [4.78, 5) is 212. The first-order valence-electron chi connectivity index (χ1n) is 40.1. The van der Waals surface area contributed by atoms with E-state index in [0.29, 0.717) is 57.8 Å². The Bertz CT molecular complexity index is 3060. The minimum Gasteiger partial charge on any atom is -0.480 e. The summed E-state index contributed by atoms with van der Waals surface area (Å²) in [6.45, 7) is 31.5. The molecule has 0 aliphatic rings. The molecule has 0 aromatic rings. The second-order valence-corrected chi connectivity index (χ2v) is 31.2. The Kier molecular flexibility index (Phi) is 49.8. The van der Waals surface area contributed by atoms with Gasteiger partial charge in [-0.1, -0.05) is 143 Å². The number of aliphatic carboxylic acids is 1. The van der Waals surface area contributed by atoms with Crippen molar-refractivity contribution in [1.82, 2.24) is 69.1 Å². The van der Waals surface area contributed by atoms with Crippen molar-refractivity contribution in [3.8, 4) is 0 Å². The predicted octanol–water partition coefficient (Wildman–Crippen LogP) is -0.704. The highest BCUT2D eigenvalue weighted by Gasteiger charge is 2.40. The number of hydrogen-bond acceptors (Lipinski definition) is 19. The van der Waals surface area contributed by atoms with Crippen LogP contribution in [-0.4, -0.2) is 204 Å². The van der Waals surface area contributed by atoms with Crippen LogP contribution in [0.2, 0.25) is 0 Å². The van der Waals surface area contributed by atoms with Crippen LogP contribution in [0.1, 0.15) is 234 Å². The maximum absolute atomic E-state index is 14.7. The Labute approximate surface area is 662 Å². The quantitative estimate of drug-likeness (QED) is 0.0203. The van der Waals surface area contributed by atoms with Gasteiger partial charge in [-0.2, -0.15) is 0 Å². The minimum atomic E-state index is -1.51. The first kappa shape index (κ1) is 103. The second kappa shape index (κ2) is 54.0. The fourth-order valence-electron chi connectivity index (χ4n) is 11.8. The molecule has 0 aromatic heterocycles. The number of unbranched alkanes of at least 4 members (excludes halogenated alkanes) is 2. The van der Waals surface area contributed by atoms with E-state index in [9.17, 15) is 77.0 Å². The lowest BCUT2D eigenvalue weighted by molar-refractivity contribution is -0.143. The molecule has 642 valence electrons. The molecule has 0 radical (unpaired) electrons. The van der Waals surface area contributed by atoms with E-state index in [2.05, 4.69) is 74.1 Å². The first-order valence-corrected chi connectivity index (χ1v) is 40.1. The van der Waals surface area contributed by atoms with Gasteiger partial charge < -0.3 is 109 Å². The van der Waals surface area contributed by atoms with Crippen molar-refractivity contribution in [2.24, 2.45) is 86.7 Å².